The van der Waals surface area contributed by atoms with Crippen molar-refractivity contribution in [2.45, 2.75) is 43.8 Å². The van der Waals surface area contributed by atoms with Gasteiger partial charge in [0.25, 0.3) is 5.92 Å². The normalized spacial score (nSPS) is 23.9. The monoisotopic (exact) mass is 465 g/mol. The van der Waals surface area contributed by atoms with Gasteiger partial charge < -0.3 is 10.1 Å². The van der Waals surface area contributed by atoms with Gasteiger partial charge in [0.1, 0.15) is 22.7 Å². The van der Waals surface area contributed by atoms with Crippen LogP contribution in [0.4, 0.5) is 13.2 Å². The number of amides is 1. The lowest BCUT2D eigenvalue weighted by Crippen LogP contribution is -2.47. The molecular weight excluding hydrogens is 443 g/mol. The van der Waals surface area contributed by atoms with Crippen LogP contribution < -0.4 is 5.32 Å². The molecule has 1 N–H and O–H groups in total. The number of aliphatic imine (C=N–C) groups is 1. The van der Waals surface area contributed by atoms with Crippen molar-refractivity contribution in [3.63, 3.8) is 0 Å². The van der Waals surface area contributed by atoms with Crippen LogP contribution >= 0.6 is 0 Å². The molecule has 3 heterocycles. The predicted octanol–water partition coefficient (Wildman–Crippen LogP) is 5.02. The molecule has 1 saturated heterocycles. The molecule has 2 bridgehead atoms. The van der Waals surface area contributed by atoms with E-state index in [-0.39, 0.29) is 12.0 Å². The topological polar surface area (TPSA) is 74.5 Å². The molecule has 0 radical (unpaired) electrons. The Morgan fingerprint density at radius 1 is 1.21 bits per heavy atom. The largest absolute Gasteiger partial charge is 0.486 e. The van der Waals surface area contributed by atoms with Crippen molar-refractivity contribution in [3.8, 4) is 6.07 Å². The zero-order valence-electron chi connectivity index (χ0n) is 18.6. The summed E-state index contributed by atoms with van der Waals surface area (Å²) >= 11 is 0. The number of nitrogens with zero attached hydrogens (tertiary/aromatic N) is 2. The van der Waals surface area contributed by atoms with Crippen LogP contribution in [-0.2, 0) is 27.4 Å². The van der Waals surface area contributed by atoms with Crippen molar-refractivity contribution in [2.75, 3.05) is 0 Å². The number of fused-ring (bicyclic) bond motifs is 2. The third-order valence-corrected chi connectivity index (χ3v) is 5.99. The van der Waals surface area contributed by atoms with Crippen LogP contribution in [0.3, 0.4) is 0 Å². The number of nitriles is 1. The van der Waals surface area contributed by atoms with Crippen LogP contribution in [0.25, 0.3) is 0 Å². The number of carbonyl (C=O) groups is 1. The van der Waals surface area contributed by atoms with Gasteiger partial charge in [0.2, 0.25) is 6.41 Å². The number of nitrogens with one attached hydrogen (secondary N) is 1. The van der Waals surface area contributed by atoms with Gasteiger partial charge in [0, 0.05) is 31.5 Å². The molecule has 5 nitrogen and oxygen atoms in total. The van der Waals surface area contributed by atoms with Crippen molar-refractivity contribution < 1.29 is 22.7 Å². The second-order valence-electron chi connectivity index (χ2n) is 8.80. The standard InChI is InChI=1S/C26H22F3N3O2/c1-24-13-22(34-24)7-8-23(31-15-24)26(32-16-33,12-17-3-5-18(14-30)6-4-17)20-9-19(25(2,28)29)10-21(27)11-20/h3-11,15-16H,12-13H2,1-2H3,(H,32,33)/b22-7+,23-8-,31-15?/t24-,26+/m1/s1. The molecule has 2 aromatic rings. The number of carbonyl (C=O) groups excluding carboxylic acids is 1. The van der Waals surface area contributed by atoms with E-state index in [4.69, 9.17) is 10.00 Å². The zero-order valence-corrected chi connectivity index (χ0v) is 18.6. The van der Waals surface area contributed by atoms with E-state index in [2.05, 4.69) is 10.3 Å². The quantitative estimate of drug-likeness (QED) is 0.584. The van der Waals surface area contributed by atoms with Crippen molar-refractivity contribution in [2.24, 2.45) is 4.99 Å². The van der Waals surface area contributed by atoms with Crippen molar-refractivity contribution in [1.82, 2.24) is 5.32 Å². The van der Waals surface area contributed by atoms with Crippen LogP contribution in [0.5, 0.6) is 0 Å². The maximum atomic E-state index is 14.6. The molecule has 3 aliphatic rings. The highest BCUT2D eigenvalue weighted by Gasteiger charge is 2.42. The Kier molecular flexibility index (Phi) is 5.82. The first-order valence-electron chi connectivity index (χ1n) is 10.6. The number of alkyl halides is 2. The fraction of sp³-hybridized carbons (Fsp3) is 0.269. The second kappa shape index (κ2) is 8.49. The fourth-order valence-corrected chi connectivity index (χ4v) is 4.22. The van der Waals surface area contributed by atoms with E-state index in [1.54, 1.807) is 42.6 Å². The first-order valence-corrected chi connectivity index (χ1v) is 10.6. The van der Waals surface area contributed by atoms with E-state index in [0.717, 1.165) is 12.1 Å². The SMILES string of the molecule is CC(F)(F)c1cc(F)cc([C@](Cc2ccc(C#N)cc2)(NC=O)/C2=C/C=C3\C[C@](C)(C=N2)O3)c1. The van der Waals surface area contributed by atoms with Gasteiger partial charge in [-0.25, -0.2) is 13.2 Å². The summed E-state index contributed by atoms with van der Waals surface area (Å²) in [6.07, 6.45) is 6.11. The predicted molar refractivity (Wildman–Crippen MR) is 120 cm³/mol. The van der Waals surface area contributed by atoms with Crippen LogP contribution in [0, 0.1) is 17.1 Å². The van der Waals surface area contributed by atoms with E-state index in [1.807, 2.05) is 13.0 Å². The minimum absolute atomic E-state index is 0.0690. The fourth-order valence-electron chi connectivity index (χ4n) is 4.22. The number of rotatable bonds is 7. The van der Waals surface area contributed by atoms with Crippen molar-refractivity contribution in [3.05, 3.63) is 94.1 Å². The number of halogens is 3. The molecule has 5 rings (SSSR count). The molecule has 1 amide bonds. The highest BCUT2D eigenvalue weighted by Crippen LogP contribution is 2.41. The van der Waals surface area contributed by atoms with Gasteiger partial charge in [-0.15, -0.1) is 0 Å². The molecule has 8 heteroatoms. The summed E-state index contributed by atoms with van der Waals surface area (Å²) in [5.41, 5.74) is -1.07. The summed E-state index contributed by atoms with van der Waals surface area (Å²) in [6, 6.07) is 11.7. The van der Waals surface area contributed by atoms with E-state index in [9.17, 15) is 18.0 Å². The smallest absolute Gasteiger partial charge is 0.270 e. The maximum absolute atomic E-state index is 14.6. The maximum Gasteiger partial charge on any atom is 0.270 e. The Hall–Kier alpha value is -3.86. The minimum atomic E-state index is -3.30. The van der Waals surface area contributed by atoms with Crippen LogP contribution in [0.1, 0.15) is 42.5 Å². The van der Waals surface area contributed by atoms with Gasteiger partial charge in [0.05, 0.1) is 17.3 Å². The van der Waals surface area contributed by atoms with E-state index in [0.29, 0.717) is 42.3 Å². The third kappa shape index (κ3) is 4.46. The Morgan fingerprint density at radius 2 is 1.88 bits per heavy atom. The van der Waals surface area contributed by atoms with Gasteiger partial charge in [-0.2, -0.15) is 5.26 Å². The van der Waals surface area contributed by atoms with E-state index >= 15 is 0 Å². The Labute approximate surface area is 195 Å². The summed E-state index contributed by atoms with van der Waals surface area (Å²) in [7, 11) is 0. The van der Waals surface area contributed by atoms with Gasteiger partial charge in [0.15, 0.2) is 0 Å². The molecule has 0 saturated carbocycles. The third-order valence-electron chi connectivity index (χ3n) is 5.99. The Balaban J connectivity index is 1.94. The van der Waals surface area contributed by atoms with Crippen molar-refractivity contribution in [1.29, 1.82) is 5.26 Å². The first kappa shape index (κ1) is 23.3. The number of benzene rings is 2. The van der Waals surface area contributed by atoms with Gasteiger partial charge in [-0.1, -0.05) is 12.1 Å². The summed E-state index contributed by atoms with van der Waals surface area (Å²) < 4.78 is 48.8. The molecule has 2 atom stereocenters. The summed E-state index contributed by atoms with van der Waals surface area (Å²) in [5, 5.41) is 11.9. The van der Waals surface area contributed by atoms with Crippen LogP contribution in [0.15, 0.2) is 71.1 Å². The highest BCUT2D eigenvalue weighted by molar-refractivity contribution is 5.73. The van der Waals surface area contributed by atoms with Gasteiger partial charge >= 0.3 is 0 Å². The molecule has 0 spiro atoms. The first-order chi connectivity index (χ1) is 16.1. The summed E-state index contributed by atoms with van der Waals surface area (Å²) in [5.74, 6) is -3.45. The molecule has 2 aromatic carbocycles. The lowest BCUT2D eigenvalue weighted by atomic mass is 9.79. The van der Waals surface area contributed by atoms with Crippen molar-refractivity contribution >= 4 is 12.6 Å². The molecule has 3 aliphatic heterocycles. The Bertz CT molecular complexity index is 1250. The van der Waals surface area contributed by atoms with E-state index in [1.165, 1.54) is 6.07 Å². The average Bonchev–Trinajstić information content (AvgIpc) is 2.75. The Morgan fingerprint density at radius 3 is 2.50 bits per heavy atom. The lowest BCUT2D eigenvalue weighted by Gasteiger charge is -2.41. The second-order valence-corrected chi connectivity index (χ2v) is 8.80. The molecule has 0 unspecified atom stereocenters. The lowest BCUT2D eigenvalue weighted by molar-refractivity contribution is -0.111. The minimum Gasteiger partial charge on any atom is -0.486 e. The van der Waals surface area contributed by atoms with Crippen LogP contribution in [-0.4, -0.2) is 18.2 Å². The number of allylic oxidation sites excluding steroid dienone is 2. The van der Waals surface area contributed by atoms with Crippen LogP contribution in [0.2, 0.25) is 0 Å². The summed E-state index contributed by atoms with van der Waals surface area (Å²) in [6.45, 7) is 2.54. The van der Waals surface area contributed by atoms with Gasteiger partial charge in [-0.05, 0) is 60.5 Å². The number of ether oxygens (including phenoxy) is 1. The zero-order chi connectivity index (χ0) is 24.6. The van der Waals surface area contributed by atoms with Gasteiger partial charge in [-0.3, -0.25) is 9.79 Å². The highest BCUT2D eigenvalue weighted by atomic mass is 19.3. The molecule has 34 heavy (non-hydrogen) atoms. The van der Waals surface area contributed by atoms with E-state index < -0.39 is 28.4 Å². The molecule has 0 aromatic heterocycles. The number of hydrogen-bond acceptors (Lipinski definition) is 4. The number of hydrogen-bond donors (Lipinski definition) is 1. The molecular formula is C26H22F3N3O2. The average molecular weight is 465 g/mol. The molecule has 0 aliphatic carbocycles. The molecule has 1 fully saturated rings. The summed E-state index contributed by atoms with van der Waals surface area (Å²) in [4.78, 5) is 16.4. The molecule has 174 valence electrons.